The molecule has 0 radical (unpaired) electrons. The molecule has 1 heterocycles. The SMILES string of the molecule is O=C(O)C(F)n1c(=O)sc2ccccc2c1=O. The third kappa shape index (κ3) is 1.84. The normalized spacial score (nSPS) is 12.5. The Morgan fingerprint density at radius 3 is 2.65 bits per heavy atom. The van der Waals surface area contributed by atoms with Gasteiger partial charge in [-0.05, 0) is 12.1 Å². The van der Waals surface area contributed by atoms with Gasteiger partial charge in [-0.3, -0.25) is 9.59 Å². The second-order valence-electron chi connectivity index (χ2n) is 3.21. The van der Waals surface area contributed by atoms with Crippen LogP contribution in [0.3, 0.4) is 0 Å². The van der Waals surface area contributed by atoms with Crippen LogP contribution in [0.15, 0.2) is 33.9 Å². The molecule has 17 heavy (non-hydrogen) atoms. The Bertz CT molecular complexity index is 705. The molecule has 0 aliphatic rings. The molecule has 0 aliphatic heterocycles. The van der Waals surface area contributed by atoms with Crippen LogP contribution in [0.4, 0.5) is 4.39 Å². The fourth-order valence-electron chi connectivity index (χ4n) is 1.39. The van der Waals surface area contributed by atoms with Crippen LogP contribution in [0.25, 0.3) is 10.1 Å². The van der Waals surface area contributed by atoms with Gasteiger partial charge in [-0.1, -0.05) is 23.5 Å². The second-order valence-corrected chi connectivity index (χ2v) is 4.21. The predicted octanol–water partition coefficient (Wildman–Crippen LogP) is 0.976. The predicted molar refractivity (Wildman–Crippen MR) is 60.1 cm³/mol. The highest BCUT2D eigenvalue weighted by molar-refractivity contribution is 7.16. The number of carboxylic acids is 1. The monoisotopic (exact) mass is 255 g/mol. The molecule has 88 valence electrons. The van der Waals surface area contributed by atoms with E-state index in [-0.39, 0.29) is 9.95 Å². The van der Waals surface area contributed by atoms with Gasteiger partial charge in [-0.15, -0.1) is 0 Å². The second kappa shape index (κ2) is 4.10. The van der Waals surface area contributed by atoms with Crippen LogP contribution in [0, 0.1) is 0 Å². The number of carboxylic acid groups (broad SMARTS) is 1. The van der Waals surface area contributed by atoms with E-state index < -0.39 is 22.7 Å². The average molecular weight is 255 g/mol. The van der Waals surface area contributed by atoms with Crippen molar-refractivity contribution in [3.63, 3.8) is 0 Å². The average Bonchev–Trinajstić information content (AvgIpc) is 2.28. The fraction of sp³-hybridized carbons (Fsp3) is 0.100. The highest BCUT2D eigenvalue weighted by atomic mass is 32.1. The van der Waals surface area contributed by atoms with Gasteiger partial charge in [0.05, 0.1) is 5.39 Å². The van der Waals surface area contributed by atoms with Gasteiger partial charge in [0.25, 0.3) is 11.9 Å². The number of alkyl halides is 1. The van der Waals surface area contributed by atoms with E-state index in [2.05, 4.69) is 0 Å². The summed E-state index contributed by atoms with van der Waals surface area (Å²) in [6.45, 7) is 0. The number of rotatable bonds is 2. The van der Waals surface area contributed by atoms with E-state index in [0.29, 0.717) is 16.0 Å². The molecule has 1 N–H and O–H groups in total. The smallest absolute Gasteiger partial charge is 0.360 e. The van der Waals surface area contributed by atoms with Crippen molar-refractivity contribution in [1.82, 2.24) is 4.57 Å². The summed E-state index contributed by atoms with van der Waals surface area (Å²) < 4.78 is 13.8. The first-order valence-electron chi connectivity index (χ1n) is 4.53. The summed E-state index contributed by atoms with van der Waals surface area (Å²) in [5.74, 6) is -1.87. The van der Waals surface area contributed by atoms with E-state index in [1.54, 1.807) is 18.2 Å². The third-order valence-electron chi connectivity index (χ3n) is 2.16. The first-order valence-corrected chi connectivity index (χ1v) is 5.35. The van der Waals surface area contributed by atoms with E-state index in [4.69, 9.17) is 5.11 Å². The Hall–Kier alpha value is -2.02. The van der Waals surface area contributed by atoms with E-state index in [0.717, 1.165) is 0 Å². The molecule has 2 aromatic rings. The molecule has 0 saturated heterocycles. The van der Waals surface area contributed by atoms with Crippen LogP contribution in [0.1, 0.15) is 6.30 Å². The molecule has 0 fully saturated rings. The van der Waals surface area contributed by atoms with Crippen molar-refractivity contribution >= 4 is 27.4 Å². The number of aliphatic carboxylic acids is 1. The molecule has 0 saturated carbocycles. The maximum Gasteiger partial charge on any atom is 0.360 e. The molecule has 0 amide bonds. The van der Waals surface area contributed by atoms with Crippen molar-refractivity contribution in [2.45, 2.75) is 6.30 Å². The number of carbonyl (C=O) groups is 1. The minimum Gasteiger partial charge on any atom is -0.478 e. The van der Waals surface area contributed by atoms with Gasteiger partial charge in [-0.2, -0.15) is 0 Å². The third-order valence-corrected chi connectivity index (χ3v) is 3.11. The molecule has 1 atom stereocenters. The van der Waals surface area contributed by atoms with Crippen molar-refractivity contribution in [3.8, 4) is 0 Å². The summed E-state index contributed by atoms with van der Waals surface area (Å²) >= 11 is 0.632. The Labute approximate surface area is 97.4 Å². The van der Waals surface area contributed by atoms with Crippen LogP contribution in [-0.4, -0.2) is 15.6 Å². The lowest BCUT2D eigenvalue weighted by molar-refractivity contribution is -0.146. The molecule has 0 aliphatic carbocycles. The maximum absolute atomic E-state index is 13.3. The van der Waals surface area contributed by atoms with Crippen molar-refractivity contribution < 1.29 is 14.3 Å². The summed E-state index contributed by atoms with van der Waals surface area (Å²) in [6, 6.07) is 6.14. The van der Waals surface area contributed by atoms with Gasteiger partial charge in [0.15, 0.2) is 0 Å². The largest absolute Gasteiger partial charge is 0.478 e. The van der Waals surface area contributed by atoms with E-state index in [1.807, 2.05) is 0 Å². The number of hydrogen-bond donors (Lipinski definition) is 1. The summed E-state index contributed by atoms with van der Waals surface area (Å²) in [7, 11) is 0. The molecule has 1 unspecified atom stereocenters. The zero-order chi connectivity index (χ0) is 12.6. The molecule has 5 nitrogen and oxygen atoms in total. The number of fused-ring (bicyclic) bond motifs is 1. The molecular weight excluding hydrogens is 249 g/mol. The summed E-state index contributed by atoms with van der Waals surface area (Å²) in [6.07, 6.45) is -2.66. The zero-order valence-electron chi connectivity index (χ0n) is 8.29. The van der Waals surface area contributed by atoms with E-state index >= 15 is 0 Å². The Morgan fingerprint density at radius 1 is 1.35 bits per heavy atom. The fourth-order valence-corrected chi connectivity index (χ4v) is 2.27. The van der Waals surface area contributed by atoms with Crippen LogP contribution in [-0.2, 0) is 4.79 Å². The number of aromatic nitrogens is 1. The minimum atomic E-state index is -2.66. The van der Waals surface area contributed by atoms with Crippen molar-refractivity contribution in [2.75, 3.05) is 0 Å². The summed E-state index contributed by atoms with van der Waals surface area (Å²) in [5.41, 5.74) is -0.931. The van der Waals surface area contributed by atoms with Gasteiger partial charge in [0, 0.05) is 4.70 Å². The van der Waals surface area contributed by atoms with Gasteiger partial charge in [-0.25, -0.2) is 13.8 Å². The van der Waals surface area contributed by atoms with E-state index in [1.165, 1.54) is 6.07 Å². The van der Waals surface area contributed by atoms with Crippen LogP contribution in [0.5, 0.6) is 0 Å². The molecule has 7 heteroatoms. The number of benzene rings is 1. The summed E-state index contributed by atoms with van der Waals surface area (Å²) in [5, 5.41) is 8.61. The van der Waals surface area contributed by atoms with Crippen molar-refractivity contribution in [2.24, 2.45) is 0 Å². The van der Waals surface area contributed by atoms with Gasteiger partial charge >= 0.3 is 10.8 Å². The van der Waals surface area contributed by atoms with Crippen molar-refractivity contribution in [1.29, 1.82) is 0 Å². The number of halogens is 1. The Kier molecular flexibility index (Phi) is 2.76. The number of nitrogens with zero attached hydrogens (tertiary/aromatic N) is 1. The van der Waals surface area contributed by atoms with Crippen molar-refractivity contribution in [3.05, 3.63) is 44.3 Å². The van der Waals surface area contributed by atoms with Crippen LogP contribution < -0.4 is 10.4 Å². The Morgan fingerprint density at radius 2 is 2.00 bits per heavy atom. The topological polar surface area (TPSA) is 76.4 Å². The minimum absolute atomic E-state index is 0.106. The lowest BCUT2D eigenvalue weighted by atomic mass is 10.3. The zero-order valence-corrected chi connectivity index (χ0v) is 9.11. The van der Waals surface area contributed by atoms with Gasteiger partial charge in [0.2, 0.25) is 0 Å². The van der Waals surface area contributed by atoms with Gasteiger partial charge in [0.1, 0.15) is 0 Å². The number of hydrogen-bond acceptors (Lipinski definition) is 4. The highest BCUT2D eigenvalue weighted by Crippen LogP contribution is 2.13. The van der Waals surface area contributed by atoms with Gasteiger partial charge < -0.3 is 5.11 Å². The molecule has 2 rings (SSSR count). The first kappa shape index (κ1) is 11.5. The Balaban J connectivity index is 2.86. The standard InChI is InChI=1S/C10H6FNO4S/c11-7(9(14)15)12-8(13)5-3-1-2-4-6(5)17-10(12)16/h1-4,7H,(H,14,15). The maximum atomic E-state index is 13.3. The molecule has 0 bridgehead atoms. The van der Waals surface area contributed by atoms with E-state index in [9.17, 15) is 18.8 Å². The quantitative estimate of drug-likeness (QED) is 0.867. The lowest BCUT2D eigenvalue weighted by Gasteiger charge is -2.06. The molecule has 0 spiro atoms. The van der Waals surface area contributed by atoms with Crippen LogP contribution >= 0.6 is 11.3 Å². The first-order chi connectivity index (χ1) is 8.02. The van der Waals surface area contributed by atoms with Crippen LogP contribution in [0.2, 0.25) is 0 Å². The molecule has 1 aromatic heterocycles. The molecular formula is C10H6FNO4S. The highest BCUT2D eigenvalue weighted by Gasteiger charge is 2.23. The lowest BCUT2D eigenvalue weighted by Crippen LogP contribution is -2.36. The molecule has 1 aromatic carbocycles. The summed E-state index contributed by atoms with van der Waals surface area (Å²) in [4.78, 5) is 32.8.